The van der Waals surface area contributed by atoms with Gasteiger partial charge in [0.1, 0.15) is 5.75 Å². The van der Waals surface area contributed by atoms with Gasteiger partial charge < -0.3 is 15.7 Å². The van der Waals surface area contributed by atoms with Crippen LogP contribution in [0.25, 0.3) is 0 Å². The van der Waals surface area contributed by atoms with E-state index in [1.54, 1.807) is 19.2 Å². The van der Waals surface area contributed by atoms with Gasteiger partial charge >= 0.3 is 0 Å². The lowest BCUT2D eigenvalue weighted by atomic mass is 9.95. The number of amidine groups is 1. The van der Waals surface area contributed by atoms with Crippen LogP contribution in [0.2, 0.25) is 0 Å². The first-order chi connectivity index (χ1) is 14.4. The maximum absolute atomic E-state index is 13.7. The van der Waals surface area contributed by atoms with Gasteiger partial charge in [-0.2, -0.15) is 0 Å². The maximum atomic E-state index is 13.7. The number of rotatable bonds is 7. The Balaban J connectivity index is 1.99. The van der Waals surface area contributed by atoms with Gasteiger partial charge in [0.15, 0.2) is 17.5 Å². The van der Waals surface area contributed by atoms with Crippen LogP contribution in [-0.2, 0) is 0 Å². The summed E-state index contributed by atoms with van der Waals surface area (Å²) in [6.07, 6.45) is 0. The number of hydrogen-bond acceptors (Lipinski definition) is 4. The highest BCUT2D eigenvalue weighted by Gasteiger charge is 2.19. The SMILES string of the molecule is COc1ccc(C(NC(C)c2ccc(F)c(F)c2)c2cccc(/C(N)=N/O)c2)cc1. The molecule has 0 aliphatic heterocycles. The molecular weight excluding hydrogens is 388 g/mol. The summed E-state index contributed by atoms with van der Waals surface area (Å²) < 4.78 is 32.3. The molecule has 0 saturated carbocycles. The van der Waals surface area contributed by atoms with Gasteiger partial charge in [-0.25, -0.2) is 8.78 Å². The van der Waals surface area contributed by atoms with Crippen molar-refractivity contribution in [2.24, 2.45) is 10.9 Å². The number of nitrogens with one attached hydrogen (secondary N) is 1. The largest absolute Gasteiger partial charge is 0.497 e. The molecule has 3 aromatic carbocycles. The van der Waals surface area contributed by atoms with E-state index in [1.165, 1.54) is 6.07 Å². The summed E-state index contributed by atoms with van der Waals surface area (Å²) in [6, 6.07) is 18.1. The van der Waals surface area contributed by atoms with Crippen LogP contribution in [0.1, 0.15) is 41.3 Å². The van der Waals surface area contributed by atoms with Crippen LogP contribution in [0, 0.1) is 11.6 Å². The second-order valence-corrected chi connectivity index (χ2v) is 6.88. The third kappa shape index (κ3) is 4.75. The molecule has 2 unspecified atom stereocenters. The fourth-order valence-electron chi connectivity index (χ4n) is 3.24. The van der Waals surface area contributed by atoms with Crippen LogP contribution in [0.3, 0.4) is 0 Å². The van der Waals surface area contributed by atoms with E-state index >= 15 is 0 Å². The van der Waals surface area contributed by atoms with Crippen molar-refractivity contribution >= 4 is 5.84 Å². The zero-order chi connectivity index (χ0) is 21.7. The van der Waals surface area contributed by atoms with Gasteiger partial charge in [0, 0.05) is 11.6 Å². The molecule has 2 atom stereocenters. The number of benzene rings is 3. The third-order valence-corrected chi connectivity index (χ3v) is 4.93. The lowest BCUT2D eigenvalue weighted by Gasteiger charge is -2.25. The van der Waals surface area contributed by atoms with E-state index in [-0.39, 0.29) is 17.9 Å². The average molecular weight is 411 g/mol. The molecule has 0 saturated heterocycles. The predicted molar refractivity (Wildman–Crippen MR) is 112 cm³/mol. The Kier molecular flexibility index (Phi) is 6.64. The highest BCUT2D eigenvalue weighted by atomic mass is 19.2. The second-order valence-electron chi connectivity index (χ2n) is 6.88. The Morgan fingerprint density at radius 1 is 0.967 bits per heavy atom. The number of nitrogens with two attached hydrogens (primary N) is 1. The van der Waals surface area contributed by atoms with Crippen LogP contribution in [0.4, 0.5) is 8.78 Å². The number of oxime groups is 1. The second kappa shape index (κ2) is 9.37. The summed E-state index contributed by atoms with van der Waals surface area (Å²) in [5.41, 5.74) is 8.72. The molecule has 7 heteroatoms. The minimum Gasteiger partial charge on any atom is -0.497 e. The van der Waals surface area contributed by atoms with E-state index in [0.29, 0.717) is 11.1 Å². The van der Waals surface area contributed by atoms with Crippen molar-refractivity contribution in [2.75, 3.05) is 7.11 Å². The molecule has 0 aliphatic rings. The summed E-state index contributed by atoms with van der Waals surface area (Å²) in [6.45, 7) is 1.87. The summed E-state index contributed by atoms with van der Waals surface area (Å²) in [7, 11) is 1.59. The molecule has 30 heavy (non-hydrogen) atoms. The van der Waals surface area contributed by atoms with Crippen molar-refractivity contribution in [2.45, 2.75) is 19.0 Å². The van der Waals surface area contributed by atoms with Gasteiger partial charge in [-0.1, -0.05) is 41.6 Å². The first-order valence-corrected chi connectivity index (χ1v) is 9.35. The summed E-state index contributed by atoms with van der Waals surface area (Å²) in [5.74, 6) is -1.06. The van der Waals surface area contributed by atoms with Crippen molar-refractivity contribution in [3.63, 3.8) is 0 Å². The number of hydrogen-bond donors (Lipinski definition) is 3. The molecule has 0 heterocycles. The molecule has 3 aromatic rings. The lowest BCUT2D eigenvalue weighted by Crippen LogP contribution is -2.26. The molecule has 0 aliphatic carbocycles. The lowest BCUT2D eigenvalue weighted by molar-refractivity contribution is 0.318. The van der Waals surface area contributed by atoms with Crippen LogP contribution < -0.4 is 15.8 Å². The number of nitrogens with zero attached hydrogens (tertiary/aromatic N) is 1. The number of ether oxygens (including phenoxy) is 1. The Labute approximate surface area is 173 Å². The molecule has 0 amide bonds. The normalized spacial score (nSPS) is 13.7. The standard InChI is InChI=1S/C23H23F2N3O2/c1-14(16-8-11-20(24)21(25)13-16)27-22(15-6-9-19(30-2)10-7-15)17-4-3-5-18(12-17)23(26)28-29/h3-14,22,27,29H,1-2H3,(H2,26,28). The Hall–Kier alpha value is -3.45. The molecule has 0 spiro atoms. The van der Waals surface area contributed by atoms with Crippen LogP contribution in [-0.4, -0.2) is 18.2 Å². The van der Waals surface area contributed by atoms with Crippen LogP contribution in [0.5, 0.6) is 5.75 Å². The van der Waals surface area contributed by atoms with Crippen molar-refractivity contribution in [1.82, 2.24) is 5.32 Å². The molecule has 3 rings (SSSR count). The van der Waals surface area contributed by atoms with E-state index in [9.17, 15) is 8.78 Å². The van der Waals surface area contributed by atoms with Crippen LogP contribution in [0.15, 0.2) is 71.9 Å². The van der Waals surface area contributed by atoms with Gasteiger partial charge in [-0.3, -0.25) is 5.32 Å². The van der Waals surface area contributed by atoms with E-state index in [4.69, 9.17) is 15.7 Å². The van der Waals surface area contributed by atoms with E-state index in [0.717, 1.165) is 22.9 Å². The van der Waals surface area contributed by atoms with E-state index in [1.807, 2.05) is 49.4 Å². The predicted octanol–water partition coefficient (Wildman–Crippen LogP) is 4.51. The number of methoxy groups -OCH3 is 1. The highest BCUT2D eigenvalue weighted by molar-refractivity contribution is 5.97. The topological polar surface area (TPSA) is 79.9 Å². The molecule has 5 nitrogen and oxygen atoms in total. The van der Waals surface area contributed by atoms with Crippen molar-refractivity contribution in [1.29, 1.82) is 0 Å². The summed E-state index contributed by atoms with van der Waals surface area (Å²) >= 11 is 0. The molecular formula is C23H23F2N3O2. The van der Waals surface area contributed by atoms with Crippen molar-refractivity contribution < 1.29 is 18.7 Å². The monoisotopic (exact) mass is 411 g/mol. The molecule has 0 radical (unpaired) electrons. The van der Waals surface area contributed by atoms with Gasteiger partial charge in [0.2, 0.25) is 0 Å². The van der Waals surface area contributed by atoms with Crippen molar-refractivity contribution in [3.05, 3.63) is 101 Å². The minimum atomic E-state index is -0.893. The van der Waals surface area contributed by atoms with Gasteiger partial charge in [0.05, 0.1) is 13.2 Å². The minimum absolute atomic E-state index is 0.000940. The van der Waals surface area contributed by atoms with Gasteiger partial charge in [0.25, 0.3) is 0 Å². The zero-order valence-electron chi connectivity index (χ0n) is 16.6. The summed E-state index contributed by atoms with van der Waals surface area (Å²) in [4.78, 5) is 0. The molecule has 0 bridgehead atoms. The maximum Gasteiger partial charge on any atom is 0.170 e. The molecule has 0 aromatic heterocycles. The Morgan fingerprint density at radius 2 is 1.67 bits per heavy atom. The summed E-state index contributed by atoms with van der Waals surface area (Å²) in [5, 5.41) is 15.5. The van der Waals surface area contributed by atoms with Crippen LogP contribution >= 0.6 is 0 Å². The Bertz CT molecular complexity index is 1040. The quantitative estimate of drug-likeness (QED) is 0.231. The van der Waals surface area contributed by atoms with Crippen molar-refractivity contribution in [3.8, 4) is 5.75 Å². The van der Waals surface area contributed by atoms with Gasteiger partial charge in [-0.05, 0) is 53.9 Å². The molecule has 156 valence electrons. The Morgan fingerprint density at radius 3 is 2.30 bits per heavy atom. The van der Waals surface area contributed by atoms with Gasteiger partial charge in [-0.15, -0.1) is 0 Å². The van der Waals surface area contributed by atoms with E-state index < -0.39 is 11.6 Å². The molecule has 4 N–H and O–H groups in total. The number of halogens is 2. The average Bonchev–Trinajstić information content (AvgIpc) is 2.78. The first kappa shape index (κ1) is 21.3. The smallest absolute Gasteiger partial charge is 0.170 e. The fourth-order valence-corrected chi connectivity index (χ4v) is 3.24. The zero-order valence-corrected chi connectivity index (χ0v) is 16.6. The molecule has 0 fully saturated rings. The van der Waals surface area contributed by atoms with E-state index in [2.05, 4.69) is 10.5 Å². The highest BCUT2D eigenvalue weighted by Crippen LogP contribution is 2.28. The first-order valence-electron chi connectivity index (χ1n) is 9.35. The fraction of sp³-hybridized carbons (Fsp3) is 0.174. The third-order valence-electron chi connectivity index (χ3n) is 4.93.